The van der Waals surface area contributed by atoms with E-state index in [4.69, 9.17) is 0 Å². The fourth-order valence-electron chi connectivity index (χ4n) is 7.00. The molecule has 0 atom stereocenters. The third-order valence-corrected chi connectivity index (χ3v) is 9.23. The van der Waals surface area contributed by atoms with Crippen LogP contribution in [-0.2, 0) is 5.41 Å². The summed E-state index contributed by atoms with van der Waals surface area (Å²) in [6.45, 7) is 4.72. The molecule has 0 saturated carbocycles. The molecule has 0 radical (unpaired) electrons. The Bertz CT molecular complexity index is 2130. The van der Waals surface area contributed by atoms with E-state index in [0.717, 1.165) is 17.1 Å². The molecule has 0 amide bonds. The summed E-state index contributed by atoms with van der Waals surface area (Å²) >= 11 is 0. The van der Waals surface area contributed by atoms with Crippen LogP contribution >= 0.6 is 0 Å². The molecule has 0 unspecified atom stereocenters. The summed E-state index contributed by atoms with van der Waals surface area (Å²) in [5.41, 5.74) is 13.7. The average Bonchev–Trinajstić information content (AvgIpc) is 3.31. The topological polar surface area (TPSA) is 3.24 Å². The number of hydrogen-bond donors (Lipinski definition) is 0. The van der Waals surface area contributed by atoms with Crippen LogP contribution in [0.1, 0.15) is 25.0 Å². The molecule has 210 valence electrons. The molecule has 0 saturated heterocycles. The van der Waals surface area contributed by atoms with Crippen LogP contribution in [0.4, 0.5) is 17.1 Å². The minimum absolute atomic E-state index is 0.114. The predicted octanol–water partition coefficient (Wildman–Crippen LogP) is 11.9. The van der Waals surface area contributed by atoms with Crippen molar-refractivity contribution in [3.63, 3.8) is 0 Å². The lowest BCUT2D eigenvalue weighted by Gasteiger charge is -2.29. The SMILES string of the molecule is CC1(C)c2ccc(-c3ccccc3)cc2-c2ccc(N(c3ccccc3)c3cc(-c4ccccc4)c4ccccc4c3)cc21. The van der Waals surface area contributed by atoms with Crippen molar-refractivity contribution in [2.24, 2.45) is 0 Å². The van der Waals surface area contributed by atoms with Gasteiger partial charge in [0, 0.05) is 22.5 Å². The van der Waals surface area contributed by atoms with E-state index in [0.29, 0.717) is 0 Å². The summed E-state index contributed by atoms with van der Waals surface area (Å²) in [6, 6.07) is 59.6. The van der Waals surface area contributed by atoms with Gasteiger partial charge in [0.05, 0.1) is 0 Å². The summed E-state index contributed by atoms with van der Waals surface area (Å²) in [7, 11) is 0. The molecule has 1 aliphatic rings. The molecule has 0 aromatic heterocycles. The van der Waals surface area contributed by atoms with Gasteiger partial charge in [0.1, 0.15) is 0 Å². The maximum Gasteiger partial charge on any atom is 0.0474 e. The molecule has 8 rings (SSSR count). The van der Waals surface area contributed by atoms with Crippen molar-refractivity contribution in [2.75, 3.05) is 4.90 Å². The second kappa shape index (κ2) is 10.4. The van der Waals surface area contributed by atoms with Crippen molar-refractivity contribution >= 4 is 27.8 Å². The Labute approximate surface area is 259 Å². The molecular formula is C43H33N. The minimum Gasteiger partial charge on any atom is -0.310 e. The normalized spacial score (nSPS) is 13.0. The molecule has 7 aromatic carbocycles. The van der Waals surface area contributed by atoms with E-state index in [1.54, 1.807) is 0 Å². The Hall–Kier alpha value is -5.40. The third kappa shape index (κ3) is 4.32. The van der Waals surface area contributed by atoms with Crippen molar-refractivity contribution in [3.05, 3.63) is 175 Å². The van der Waals surface area contributed by atoms with Crippen LogP contribution in [0.25, 0.3) is 44.2 Å². The second-order valence-electron chi connectivity index (χ2n) is 12.2. The van der Waals surface area contributed by atoms with Gasteiger partial charge in [0.2, 0.25) is 0 Å². The van der Waals surface area contributed by atoms with Gasteiger partial charge in [-0.2, -0.15) is 0 Å². The summed E-state index contributed by atoms with van der Waals surface area (Å²) in [4.78, 5) is 2.41. The van der Waals surface area contributed by atoms with Crippen molar-refractivity contribution in [1.29, 1.82) is 0 Å². The van der Waals surface area contributed by atoms with E-state index in [1.165, 1.54) is 55.3 Å². The largest absolute Gasteiger partial charge is 0.310 e. The standard InChI is InChI=1S/C43H33N/c1-43(2)41-25-22-32(30-14-6-3-7-15-30)27-40(41)38-24-23-35(29-42(38)43)44(34-19-10-5-11-20-34)36-26-33-18-12-13-21-37(33)39(28-36)31-16-8-4-9-17-31/h3-29H,1-2H3. The molecule has 1 heteroatoms. The minimum atomic E-state index is -0.114. The van der Waals surface area contributed by atoms with Crippen LogP contribution in [0.15, 0.2) is 164 Å². The quantitative estimate of drug-likeness (QED) is 0.201. The van der Waals surface area contributed by atoms with Crippen LogP contribution in [0.2, 0.25) is 0 Å². The molecule has 1 aliphatic carbocycles. The first-order valence-corrected chi connectivity index (χ1v) is 15.4. The van der Waals surface area contributed by atoms with Gasteiger partial charge in [-0.25, -0.2) is 0 Å². The molecule has 0 N–H and O–H groups in total. The van der Waals surface area contributed by atoms with Gasteiger partial charge in [0.25, 0.3) is 0 Å². The van der Waals surface area contributed by atoms with Crippen molar-refractivity contribution in [3.8, 4) is 33.4 Å². The molecule has 0 heterocycles. The maximum absolute atomic E-state index is 2.42. The number of benzene rings is 7. The second-order valence-corrected chi connectivity index (χ2v) is 12.2. The lowest BCUT2D eigenvalue weighted by atomic mass is 9.82. The smallest absolute Gasteiger partial charge is 0.0474 e. The van der Waals surface area contributed by atoms with E-state index in [-0.39, 0.29) is 5.41 Å². The summed E-state index contributed by atoms with van der Waals surface area (Å²) in [6.07, 6.45) is 0. The van der Waals surface area contributed by atoms with Crippen molar-refractivity contribution in [2.45, 2.75) is 19.3 Å². The highest BCUT2D eigenvalue weighted by molar-refractivity contribution is 6.01. The van der Waals surface area contributed by atoms with E-state index in [2.05, 4.69) is 183 Å². The number of fused-ring (bicyclic) bond motifs is 4. The molecule has 7 aromatic rings. The first kappa shape index (κ1) is 26.2. The number of hydrogen-bond acceptors (Lipinski definition) is 1. The predicted molar refractivity (Wildman–Crippen MR) is 187 cm³/mol. The Morgan fingerprint density at radius 1 is 0.386 bits per heavy atom. The van der Waals surface area contributed by atoms with Crippen LogP contribution in [0, 0.1) is 0 Å². The van der Waals surface area contributed by atoms with Crippen LogP contribution in [0.3, 0.4) is 0 Å². The molecule has 0 fully saturated rings. The Balaban J connectivity index is 1.31. The number of anilines is 3. The summed E-state index contributed by atoms with van der Waals surface area (Å²) < 4.78 is 0. The fourth-order valence-corrected chi connectivity index (χ4v) is 7.00. The van der Waals surface area contributed by atoms with E-state index in [1.807, 2.05) is 0 Å². The zero-order valence-electron chi connectivity index (χ0n) is 25.0. The van der Waals surface area contributed by atoms with Gasteiger partial charge in [0.15, 0.2) is 0 Å². The molecule has 0 aliphatic heterocycles. The van der Waals surface area contributed by atoms with Crippen molar-refractivity contribution in [1.82, 2.24) is 0 Å². The summed E-state index contributed by atoms with van der Waals surface area (Å²) in [5.74, 6) is 0. The number of nitrogens with zero attached hydrogens (tertiary/aromatic N) is 1. The van der Waals surface area contributed by atoms with Crippen LogP contribution in [0.5, 0.6) is 0 Å². The zero-order valence-corrected chi connectivity index (χ0v) is 25.0. The third-order valence-electron chi connectivity index (χ3n) is 9.23. The lowest BCUT2D eigenvalue weighted by Crippen LogP contribution is -2.16. The Morgan fingerprint density at radius 3 is 1.80 bits per heavy atom. The molecule has 44 heavy (non-hydrogen) atoms. The van der Waals surface area contributed by atoms with E-state index >= 15 is 0 Å². The molecule has 0 bridgehead atoms. The fraction of sp³-hybridized carbons (Fsp3) is 0.0698. The van der Waals surface area contributed by atoms with Gasteiger partial charge in [-0.3, -0.25) is 0 Å². The first-order chi connectivity index (χ1) is 21.6. The highest BCUT2D eigenvalue weighted by atomic mass is 15.1. The Kier molecular flexibility index (Phi) is 6.20. The Morgan fingerprint density at radius 2 is 1.05 bits per heavy atom. The van der Waals surface area contributed by atoms with Gasteiger partial charge >= 0.3 is 0 Å². The number of para-hydroxylation sites is 1. The van der Waals surface area contributed by atoms with Gasteiger partial charge in [-0.05, 0) is 97.7 Å². The molecule has 0 spiro atoms. The van der Waals surface area contributed by atoms with Crippen LogP contribution in [-0.4, -0.2) is 0 Å². The average molecular weight is 564 g/mol. The van der Waals surface area contributed by atoms with Crippen molar-refractivity contribution < 1.29 is 0 Å². The lowest BCUT2D eigenvalue weighted by molar-refractivity contribution is 0.660. The monoisotopic (exact) mass is 563 g/mol. The summed E-state index contributed by atoms with van der Waals surface area (Å²) in [5, 5.41) is 2.49. The van der Waals surface area contributed by atoms with E-state index < -0.39 is 0 Å². The van der Waals surface area contributed by atoms with Gasteiger partial charge in [-0.15, -0.1) is 0 Å². The molecular weight excluding hydrogens is 530 g/mol. The van der Waals surface area contributed by atoms with E-state index in [9.17, 15) is 0 Å². The molecule has 1 nitrogen and oxygen atoms in total. The van der Waals surface area contributed by atoms with Gasteiger partial charge in [-0.1, -0.05) is 135 Å². The van der Waals surface area contributed by atoms with Crippen LogP contribution < -0.4 is 4.90 Å². The first-order valence-electron chi connectivity index (χ1n) is 15.4. The number of rotatable bonds is 5. The highest BCUT2D eigenvalue weighted by Gasteiger charge is 2.36. The zero-order chi connectivity index (χ0) is 29.7. The van der Waals surface area contributed by atoms with Gasteiger partial charge < -0.3 is 4.90 Å². The maximum atomic E-state index is 2.42. The highest BCUT2D eigenvalue weighted by Crippen LogP contribution is 2.52.